The van der Waals surface area contributed by atoms with Crippen molar-refractivity contribution >= 4 is 38.6 Å². The third-order valence-corrected chi connectivity index (χ3v) is 4.68. The van der Waals surface area contributed by atoms with E-state index in [-0.39, 0.29) is 12.5 Å². The van der Waals surface area contributed by atoms with E-state index in [0.29, 0.717) is 16.2 Å². The summed E-state index contributed by atoms with van der Waals surface area (Å²) < 4.78 is 0.795. The predicted octanol–water partition coefficient (Wildman–Crippen LogP) is 2.70. The maximum Gasteiger partial charge on any atom is 0.267 e. The zero-order valence-corrected chi connectivity index (χ0v) is 14.5. The summed E-state index contributed by atoms with van der Waals surface area (Å²) in [4.78, 5) is 26.3. The van der Waals surface area contributed by atoms with E-state index in [2.05, 4.69) is 26.1 Å². The maximum absolute atomic E-state index is 13.0. The van der Waals surface area contributed by atoms with Gasteiger partial charge in [-0.3, -0.25) is 19.9 Å². The molecule has 1 unspecified atom stereocenters. The second-order valence-electron chi connectivity index (χ2n) is 5.77. The first-order valence-corrected chi connectivity index (χ1v) is 8.34. The van der Waals surface area contributed by atoms with Crippen LogP contribution in [0, 0.1) is 0 Å². The second kappa shape index (κ2) is 5.98. The first-order valence-electron chi connectivity index (χ1n) is 7.55. The Labute approximate surface area is 150 Å². The Bertz CT molecular complexity index is 987. The lowest BCUT2D eigenvalue weighted by atomic mass is 10.1. The lowest BCUT2D eigenvalue weighted by Crippen LogP contribution is -2.34. The molecule has 4 rings (SSSR count). The van der Waals surface area contributed by atoms with Gasteiger partial charge in [-0.25, -0.2) is 0 Å². The number of benzene rings is 2. The van der Waals surface area contributed by atoms with Gasteiger partial charge >= 0.3 is 0 Å². The molecule has 1 aliphatic rings. The Morgan fingerprint density at radius 3 is 2.92 bits per heavy atom. The molecule has 0 spiro atoms. The Morgan fingerprint density at radius 2 is 2.12 bits per heavy atom. The number of hydrogen-bond donors (Lipinski definition) is 2. The smallest absolute Gasteiger partial charge is 0.267 e. The molecule has 1 atom stereocenters. The maximum atomic E-state index is 13.0. The molecule has 8 heteroatoms. The van der Waals surface area contributed by atoms with Crippen molar-refractivity contribution in [3.05, 3.63) is 64.3 Å². The van der Waals surface area contributed by atoms with E-state index < -0.39 is 12.1 Å². The normalized spacial score (nSPS) is 17.5. The Hall–Kier alpha value is -2.71. The fraction of sp³-hybridized carbons (Fsp3) is 0.118. The number of carbonyl (C=O) groups is 2. The van der Waals surface area contributed by atoms with Crippen molar-refractivity contribution in [2.45, 2.75) is 6.17 Å². The number of amides is 2. The Morgan fingerprint density at radius 1 is 1.28 bits per heavy atom. The largest absolute Gasteiger partial charge is 0.302 e. The van der Waals surface area contributed by atoms with Crippen molar-refractivity contribution in [3.63, 3.8) is 0 Å². The van der Waals surface area contributed by atoms with Gasteiger partial charge in [0.2, 0.25) is 0 Å². The number of nitrogens with one attached hydrogen (secondary N) is 1. The van der Waals surface area contributed by atoms with Gasteiger partial charge in [0.15, 0.2) is 6.17 Å². The van der Waals surface area contributed by atoms with E-state index in [0.717, 1.165) is 15.4 Å². The average molecular weight is 401 g/mol. The summed E-state index contributed by atoms with van der Waals surface area (Å²) in [5.41, 5.74) is 1.79. The quantitative estimate of drug-likeness (QED) is 0.647. The highest BCUT2D eigenvalue weighted by molar-refractivity contribution is 9.10. The highest BCUT2D eigenvalue weighted by atomic mass is 79.9. The van der Waals surface area contributed by atoms with Crippen molar-refractivity contribution in [3.8, 4) is 0 Å². The summed E-state index contributed by atoms with van der Waals surface area (Å²) in [6.45, 7) is -0.187. The van der Waals surface area contributed by atoms with Crippen LogP contribution >= 0.6 is 15.9 Å². The van der Waals surface area contributed by atoms with Crippen LogP contribution in [0.15, 0.2) is 53.1 Å². The van der Waals surface area contributed by atoms with Crippen LogP contribution in [0.25, 0.3) is 10.9 Å². The fourth-order valence-electron chi connectivity index (χ4n) is 2.98. The van der Waals surface area contributed by atoms with Gasteiger partial charge in [-0.05, 0) is 29.8 Å². The number of nitrogens with zero attached hydrogens (tertiary/aromatic N) is 3. The molecule has 1 saturated heterocycles. The number of hydrogen-bond acceptors (Lipinski definition) is 4. The van der Waals surface area contributed by atoms with Crippen LogP contribution in [0.1, 0.15) is 22.1 Å². The molecule has 1 aliphatic heterocycles. The van der Waals surface area contributed by atoms with E-state index in [9.17, 15) is 14.8 Å². The number of fused-ring (bicyclic) bond motifs is 1. The van der Waals surface area contributed by atoms with Crippen molar-refractivity contribution in [2.24, 2.45) is 0 Å². The van der Waals surface area contributed by atoms with Crippen molar-refractivity contribution < 1.29 is 14.8 Å². The Kier molecular flexibility index (Phi) is 3.78. The lowest BCUT2D eigenvalue weighted by Gasteiger charge is -2.26. The van der Waals surface area contributed by atoms with E-state index >= 15 is 0 Å². The summed E-state index contributed by atoms with van der Waals surface area (Å²) >= 11 is 3.37. The number of carbonyl (C=O) groups excluding carboxylic acids is 2. The molecule has 0 saturated carbocycles. The third kappa shape index (κ3) is 2.69. The van der Waals surface area contributed by atoms with Gasteiger partial charge in [0.25, 0.3) is 11.8 Å². The van der Waals surface area contributed by atoms with Gasteiger partial charge in [-0.1, -0.05) is 34.1 Å². The number of halogens is 1. The molecule has 126 valence electrons. The SMILES string of the molecule is O=C1CN(C(=O)c2ccc3cn[nH]c3c2)C(c2cccc(Br)c2)N1O. The summed E-state index contributed by atoms with van der Waals surface area (Å²) in [5.74, 6) is -0.868. The van der Waals surface area contributed by atoms with E-state index in [1.807, 2.05) is 6.07 Å². The number of rotatable bonds is 2. The molecule has 25 heavy (non-hydrogen) atoms. The van der Waals surface area contributed by atoms with Crippen LogP contribution in [-0.4, -0.2) is 43.7 Å². The van der Waals surface area contributed by atoms with Gasteiger partial charge in [0.05, 0.1) is 11.7 Å². The van der Waals surface area contributed by atoms with E-state index in [1.165, 1.54) is 4.90 Å². The molecule has 1 aromatic heterocycles. The zero-order valence-electron chi connectivity index (χ0n) is 12.9. The summed E-state index contributed by atoms with van der Waals surface area (Å²) in [5, 5.41) is 18.4. The highest BCUT2D eigenvalue weighted by Crippen LogP contribution is 2.32. The summed E-state index contributed by atoms with van der Waals surface area (Å²) in [6.07, 6.45) is 0.804. The van der Waals surface area contributed by atoms with Crippen LogP contribution in [0.2, 0.25) is 0 Å². The highest BCUT2D eigenvalue weighted by Gasteiger charge is 2.41. The van der Waals surface area contributed by atoms with Gasteiger partial charge in [0.1, 0.15) is 6.54 Å². The topological polar surface area (TPSA) is 89.5 Å². The number of aromatic amines is 1. The van der Waals surface area contributed by atoms with Gasteiger partial charge in [-0.2, -0.15) is 10.2 Å². The van der Waals surface area contributed by atoms with Gasteiger partial charge < -0.3 is 4.90 Å². The molecule has 0 bridgehead atoms. The molecule has 2 heterocycles. The van der Waals surface area contributed by atoms with Crippen LogP contribution in [0.4, 0.5) is 0 Å². The first-order chi connectivity index (χ1) is 12.0. The zero-order chi connectivity index (χ0) is 17.6. The molecule has 0 radical (unpaired) electrons. The molecule has 2 N–H and O–H groups in total. The fourth-order valence-corrected chi connectivity index (χ4v) is 3.40. The standard InChI is InChI=1S/C17H13BrN4O3/c18-13-3-1-2-10(6-13)16-21(9-15(23)22(16)25)17(24)11-4-5-12-8-19-20-14(12)7-11/h1-8,16,25H,9H2,(H,19,20). The third-order valence-electron chi connectivity index (χ3n) is 4.18. The monoisotopic (exact) mass is 400 g/mol. The molecule has 0 aliphatic carbocycles. The molecule has 2 amide bonds. The van der Waals surface area contributed by atoms with Crippen LogP contribution < -0.4 is 0 Å². The molecular weight excluding hydrogens is 388 g/mol. The number of hydroxylamine groups is 2. The number of aromatic nitrogens is 2. The molecule has 3 aromatic rings. The molecule has 7 nitrogen and oxygen atoms in total. The lowest BCUT2D eigenvalue weighted by molar-refractivity contribution is -0.168. The van der Waals surface area contributed by atoms with E-state index in [4.69, 9.17) is 0 Å². The van der Waals surface area contributed by atoms with Crippen molar-refractivity contribution in [1.29, 1.82) is 0 Å². The van der Waals surface area contributed by atoms with Crippen LogP contribution in [0.5, 0.6) is 0 Å². The summed E-state index contributed by atoms with van der Waals surface area (Å²) in [7, 11) is 0. The number of H-pyrrole nitrogens is 1. The second-order valence-corrected chi connectivity index (χ2v) is 6.69. The molecular formula is C17H13BrN4O3. The van der Waals surface area contributed by atoms with Crippen LogP contribution in [-0.2, 0) is 4.79 Å². The van der Waals surface area contributed by atoms with Crippen molar-refractivity contribution in [2.75, 3.05) is 6.54 Å². The summed E-state index contributed by atoms with van der Waals surface area (Å²) in [6, 6.07) is 12.3. The molecule has 1 fully saturated rings. The first kappa shape index (κ1) is 15.8. The van der Waals surface area contributed by atoms with Crippen molar-refractivity contribution in [1.82, 2.24) is 20.2 Å². The van der Waals surface area contributed by atoms with Gasteiger partial charge in [-0.15, -0.1) is 0 Å². The minimum Gasteiger partial charge on any atom is -0.302 e. The van der Waals surface area contributed by atoms with Gasteiger partial charge in [0, 0.05) is 15.4 Å². The molecule has 2 aromatic carbocycles. The van der Waals surface area contributed by atoms with Crippen LogP contribution in [0.3, 0.4) is 0 Å². The Balaban J connectivity index is 1.73. The van der Waals surface area contributed by atoms with E-state index in [1.54, 1.807) is 42.6 Å². The predicted molar refractivity (Wildman–Crippen MR) is 92.6 cm³/mol. The average Bonchev–Trinajstić information content (AvgIpc) is 3.18. The minimum atomic E-state index is -0.866. The minimum absolute atomic E-state index is 0.187.